The summed E-state index contributed by atoms with van der Waals surface area (Å²) in [5.74, 6) is 0. The van der Waals surface area contributed by atoms with Crippen LogP contribution in [0.1, 0.15) is 12.5 Å². The van der Waals surface area contributed by atoms with Crippen molar-refractivity contribution in [1.82, 2.24) is 0 Å². The maximum absolute atomic E-state index is 5.90. The van der Waals surface area contributed by atoms with E-state index in [1.165, 1.54) is 0 Å². The zero-order valence-corrected chi connectivity index (χ0v) is 9.32. The standard InChI is InChI=1S/C8H6Cl4/c1-2-4-5(9)3-6(10)8(12)7(4)11/h3H,2H2,1H3. The van der Waals surface area contributed by atoms with Gasteiger partial charge in [0.2, 0.25) is 0 Å². The van der Waals surface area contributed by atoms with E-state index >= 15 is 0 Å². The summed E-state index contributed by atoms with van der Waals surface area (Å²) in [6.07, 6.45) is 0.745. The summed E-state index contributed by atoms with van der Waals surface area (Å²) < 4.78 is 0. The van der Waals surface area contributed by atoms with E-state index in [2.05, 4.69) is 0 Å². The Hall–Kier alpha value is 0.380. The van der Waals surface area contributed by atoms with Gasteiger partial charge in [0, 0.05) is 5.02 Å². The lowest BCUT2D eigenvalue weighted by molar-refractivity contribution is 1.14. The third-order valence-electron chi connectivity index (χ3n) is 1.56. The summed E-state index contributed by atoms with van der Waals surface area (Å²) in [7, 11) is 0. The van der Waals surface area contributed by atoms with Gasteiger partial charge < -0.3 is 0 Å². The van der Waals surface area contributed by atoms with Crippen molar-refractivity contribution < 1.29 is 0 Å². The van der Waals surface area contributed by atoms with E-state index in [0.29, 0.717) is 20.1 Å². The van der Waals surface area contributed by atoms with Gasteiger partial charge in [-0.1, -0.05) is 53.3 Å². The van der Waals surface area contributed by atoms with E-state index < -0.39 is 0 Å². The zero-order chi connectivity index (χ0) is 9.30. The van der Waals surface area contributed by atoms with Gasteiger partial charge in [0.05, 0.1) is 15.1 Å². The molecule has 0 unspecified atom stereocenters. The van der Waals surface area contributed by atoms with Crippen molar-refractivity contribution >= 4 is 46.4 Å². The number of hydrogen-bond donors (Lipinski definition) is 0. The predicted molar refractivity (Wildman–Crippen MR) is 55.9 cm³/mol. The summed E-state index contributed by atoms with van der Waals surface area (Å²) in [6, 6.07) is 1.61. The molecule has 1 aromatic carbocycles. The highest BCUT2D eigenvalue weighted by atomic mass is 35.5. The molecule has 0 atom stereocenters. The van der Waals surface area contributed by atoms with Gasteiger partial charge in [-0.05, 0) is 18.1 Å². The summed E-state index contributed by atoms with van der Waals surface area (Å²) >= 11 is 23.3. The topological polar surface area (TPSA) is 0 Å². The molecule has 4 heteroatoms. The van der Waals surface area contributed by atoms with Gasteiger partial charge in [-0.2, -0.15) is 0 Å². The van der Waals surface area contributed by atoms with Crippen molar-refractivity contribution in [2.75, 3.05) is 0 Å². The first-order valence-corrected chi connectivity index (χ1v) is 4.91. The molecule has 0 amide bonds. The molecular weight excluding hydrogens is 238 g/mol. The van der Waals surface area contributed by atoms with Gasteiger partial charge in [-0.25, -0.2) is 0 Å². The third kappa shape index (κ3) is 1.82. The van der Waals surface area contributed by atoms with Crippen LogP contribution in [-0.4, -0.2) is 0 Å². The highest BCUT2D eigenvalue weighted by Gasteiger charge is 2.11. The molecule has 12 heavy (non-hydrogen) atoms. The Bertz CT molecular complexity index is 306. The lowest BCUT2D eigenvalue weighted by Crippen LogP contribution is -1.86. The molecule has 0 N–H and O–H groups in total. The Labute approximate surface area is 91.4 Å². The summed E-state index contributed by atoms with van der Waals surface area (Å²) in [5, 5.41) is 1.79. The van der Waals surface area contributed by atoms with E-state index in [1.54, 1.807) is 6.07 Å². The second-order valence-corrected chi connectivity index (χ2v) is 3.87. The molecule has 0 fully saturated rings. The first kappa shape index (κ1) is 10.5. The van der Waals surface area contributed by atoms with Crippen LogP contribution < -0.4 is 0 Å². The summed E-state index contributed by atoms with van der Waals surface area (Å²) in [4.78, 5) is 0. The maximum atomic E-state index is 5.90. The van der Waals surface area contributed by atoms with Crippen molar-refractivity contribution in [2.45, 2.75) is 13.3 Å². The molecular formula is C8H6Cl4. The van der Waals surface area contributed by atoms with Crippen molar-refractivity contribution in [1.29, 1.82) is 0 Å². The van der Waals surface area contributed by atoms with Crippen LogP contribution in [0.3, 0.4) is 0 Å². The Balaban J connectivity index is 3.40. The number of benzene rings is 1. The lowest BCUT2D eigenvalue weighted by Gasteiger charge is -2.06. The molecule has 1 aromatic rings. The highest BCUT2D eigenvalue weighted by Crippen LogP contribution is 2.37. The maximum Gasteiger partial charge on any atom is 0.0782 e. The predicted octanol–water partition coefficient (Wildman–Crippen LogP) is 4.86. The Morgan fingerprint density at radius 1 is 1.00 bits per heavy atom. The lowest BCUT2D eigenvalue weighted by atomic mass is 10.2. The highest BCUT2D eigenvalue weighted by molar-refractivity contribution is 6.49. The monoisotopic (exact) mass is 242 g/mol. The number of halogens is 4. The minimum Gasteiger partial charge on any atom is -0.0839 e. The molecule has 1 rings (SSSR count). The fourth-order valence-corrected chi connectivity index (χ4v) is 2.13. The zero-order valence-electron chi connectivity index (χ0n) is 6.30. The van der Waals surface area contributed by atoms with Crippen molar-refractivity contribution in [3.8, 4) is 0 Å². The molecule has 66 valence electrons. The molecule has 0 bridgehead atoms. The molecule has 0 saturated heterocycles. The van der Waals surface area contributed by atoms with Crippen molar-refractivity contribution in [3.63, 3.8) is 0 Å². The molecule has 0 heterocycles. The van der Waals surface area contributed by atoms with E-state index in [4.69, 9.17) is 46.4 Å². The normalized spacial score (nSPS) is 10.4. The first-order chi connectivity index (χ1) is 5.57. The second kappa shape index (κ2) is 4.06. The Morgan fingerprint density at radius 2 is 1.58 bits per heavy atom. The molecule has 0 saturated carbocycles. The van der Waals surface area contributed by atoms with Crippen molar-refractivity contribution in [2.24, 2.45) is 0 Å². The van der Waals surface area contributed by atoms with Crippen LogP contribution in [0.25, 0.3) is 0 Å². The van der Waals surface area contributed by atoms with Crippen LogP contribution in [0.15, 0.2) is 6.07 Å². The van der Waals surface area contributed by atoms with E-state index in [0.717, 1.165) is 12.0 Å². The summed E-state index contributed by atoms with van der Waals surface area (Å²) in [5.41, 5.74) is 0.840. The molecule has 0 aliphatic heterocycles. The van der Waals surface area contributed by atoms with Crippen LogP contribution in [0.2, 0.25) is 20.1 Å². The van der Waals surface area contributed by atoms with Gasteiger partial charge in [-0.15, -0.1) is 0 Å². The fourth-order valence-electron chi connectivity index (χ4n) is 0.928. The van der Waals surface area contributed by atoms with Crippen LogP contribution in [-0.2, 0) is 6.42 Å². The summed E-state index contributed by atoms with van der Waals surface area (Å²) in [6.45, 7) is 1.96. The van der Waals surface area contributed by atoms with E-state index in [1.807, 2.05) is 6.92 Å². The van der Waals surface area contributed by atoms with Gasteiger partial charge in [0.1, 0.15) is 0 Å². The van der Waals surface area contributed by atoms with Crippen molar-refractivity contribution in [3.05, 3.63) is 31.7 Å². The van der Waals surface area contributed by atoms with E-state index in [-0.39, 0.29) is 0 Å². The Kier molecular flexibility index (Phi) is 3.54. The van der Waals surface area contributed by atoms with Gasteiger partial charge >= 0.3 is 0 Å². The van der Waals surface area contributed by atoms with E-state index in [9.17, 15) is 0 Å². The number of rotatable bonds is 1. The SMILES string of the molecule is CCc1c(Cl)cc(Cl)c(Cl)c1Cl. The largest absolute Gasteiger partial charge is 0.0839 e. The molecule has 0 nitrogen and oxygen atoms in total. The minimum absolute atomic E-state index is 0.375. The van der Waals surface area contributed by atoms with Gasteiger partial charge in [-0.3, -0.25) is 0 Å². The fraction of sp³-hybridized carbons (Fsp3) is 0.250. The van der Waals surface area contributed by atoms with Gasteiger partial charge in [0.15, 0.2) is 0 Å². The molecule has 0 aromatic heterocycles. The van der Waals surface area contributed by atoms with Crippen LogP contribution in [0.5, 0.6) is 0 Å². The van der Waals surface area contributed by atoms with Crippen LogP contribution in [0, 0.1) is 0 Å². The smallest absolute Gasteiger partial charge is 0.0782 e. The average molecular weight is 244 g/mol. The van der Waals surface area contributed by atoms with Gasteiger partial charge in [0.25, 0.3) is 0 Å². The molecule has 0 spiro atoms. The quantitative estimate of drug-likeness (QED) is 0.488. The molecule has 0 radical (unpaired) electrons. The second-order valence-electron chi connectivity index (χ2n) is 2.30. The number of hydrogen-bond acceptors (Lipinski definition) is 0. The first-order valence-electron chi connectivity index (χ1n) is 3.39. The van der Waals surface area contributed by atoms with Crippen LogP contribution >= 0.6 is 46.4 Å². The average Bonchev–Trinajstić information content (AvgIpc) is 2.01. The minimum atomic E-state index is 0.375. The molecule has 0 aliphatic carbocycles. The molecule has 0 aliphatic rings. The Morgan fingerprint density at radius 3 is 2.08 bits per heavy atom. The third-order valence-corrected chi connectivity index (χ3v) is 3.20. The van der Waals surface area contributed by atoms with Crippen LogP contribution in [0.4, 0.5) is 0 Å².